The first-order chi connectivity index (χ1) is 11.2. The van der Waals surface area contributed by atoms with Crippen LogP contribution in [0.25, 0.3) is 0 Å². The molecular formula is C16H20N6O. The average Bonchev–Trinajstić information content (AvgIpc) is 2.60. The number of anilines is 1. The summed E-state index contributed by atoms with van der Waals surface area (Å²) in [6, 6.07) is 1.44. The molecule has 23 heavy (non-hydrogen) atoms. The van der Waals surface area contributed by atoms with Crippen molar-refractivity contribution < 1.29 is 4.79 Å². The molecule has 7 nitrogen and oxygen atoms in total. The van der Waals surface area contributed by atoms with Gasteiger partial charge in [0.05, 0.1) is 11.7 Å². The van der Waals surface area contributed by atoms with Crippen molar-refractivity contribution in [2.24, 2.45) is 0 Å². The molecule has 0 spiro atoms. The van der Waals surface area contributed by atoms with Gasteiger partial charge in [0, 0.05) is 38.1 Å². The maximum atomic E-state index is 12.4. The molecule has 1 aliphatic heterocycles. The fourth-order valence-corrected chi connectivity index (χ4v) is 2.61. The second-order valence-electron chi connectivity index (χ2n) is 5.57. The monoisotopic (exact) mass is 312 g/mol. The van der Waals surface area contributed by atoms with E-state index >= 15 is 0 Å². The van der Waals surface area contributed by atoms with E-state index < -0.39 is 0 Å². The van der Waals surface area contributed by atoms with Crippen LogP contribution in [0.3, 0.4) is 0 Å². The molecule has 1 atom stereocenters. The quantitative estimate of drug-likeness (QED) is 0.913. The second kappa shape index (κ2) is 6.78. The lowest BCUT2D eigenvalue weighted by molar-refractivity contribution is -0.121. The maximum absolute atomic E-state index is 12.4. The Morgan fingerprint density at radius 3 is 2.87 bits per heavy atom. The Hall–Kier alpha value is -2.41. The number of hydrogen-bond acceptors (Lipinski definition) is 6. The molecule has 0 bridgehead atoms. The minimum absolute atomic E-state index is 0.107. The predicted molar refractivity (Wildman–Crippen MR) is 85.6 cm³/mol. The van der Waals surface area contributed by atoms with Crippen LogP contribution >= 0.6 is 0 Å². The van der Waals surface area contributed by atoms with E-state index in [-0.39, 0.29) is 11.9 Å². The van der Waals surface area contributed by atoms with Crippen LogP contribution in [-0.4, -0.2) is 43.3 Å². The van der Waals surface area contributed by atoms with Gasteiger partial charge in [0.15, 0.2) is 0 Å². The molecule has 3 heterocycles. The van der Waals surface area contributed by atoms with Gasteiger partial charge in [-0.15, -0.1) is 0 Å². The van der Waals surface area contributed by atoms with Crippen molar-refractivity contribution in [1.82, 2.24) is 24.8 Å². The standard InChI is InChI=1S/C16H20N6O/c1-3-14-19-9-12-5-8-22(10-13(12)20-14)11(2)15(23)21-16-17-6-4-7-18-16/h4,6-7,9,11H,3,5,8,10H2,1-2H3,(H,17,18,21,23)/t11-/m0/s1. The first-order valence-corrected chi connectivity index (χ1v) is 7.83. The lowest BCUT2D eigenvalue weighted by Gasteiger charge is -2.32. The third-order valence-corrected chi connectivity index (χ3v) is 4.07. The van der Waals surface area contributed by atoms with Gasteiger partial charge in [0.25, 0.3) is 0 Å². The molecule has 0 aliphatic carbocycles. The lowest BCUT2D eigenvalue weighted by Crippen LogP contribution is -2.45. The van der Waals surface area contributed by atoms with Crippen LogP contribution in [-0.2, 0) is 24.2 Å². The summed E-state index contributed by atoms with van der Waals surface area (Å²) in [5.74, 6) is 1.07. The Morgan fingerprint density at radius 1 is 1.35 bits per heavy atom. The number of carbonyl (C=O) groups is 1. The predicted octanol–water partition coefficient (Wildman–Crippen LogP) is 1.21. The minimum atomic E-state index is -0.271. The molecule has 1 amide bonds. The number of aromatic nitrogens is 4. The molecule has 1 aliphatic rings. The Bertz CT molecular complexity index is 690. The largest absolute Gasteiger partial charge is 0.293 e. The summed E-state index contributed by atoms with van der Waals surface area (Å²) < 4.78 is 0. The highest BCUT2D eigenvalue weighted by Gasteiger charge is 2.26. The summed E-state index contributed by atoms with van der Waals surface area (Å²) in [6.45, 7) is 5.41. The van der Waals surface area contributed by atoms with Crippen LogP contribution in [0.4, 0.5) is 5.95 Å². The molecule has 0 fully saturated rings. The fourth-order valence-electron chi connectivity index (χ4n) is 2.61. The van der Waals surface area contributed by atoms with Gasteiger partial charge >= 0.3 is 0 Å². The molecule has 0 unspecified atom stereocenters. The number of aryl methyl sites for hydroxylation is 1. The van der Waals surface area contributed by atoms with Gasteiger partial charge < -0.3 is 0 Å². The number of nitrogens with zero attached hydrogens (tertiary/aromatic N) is 5. The SMILES string of the molecule is CCc1ncc2c(n1)CN([C@@H](C)C(=O)Nc1ncccn1)CC2. The van der Waals surface area contributed by atoms with Crippen molar-refractivity contribution in [3.63, 3.8) is 0 Å². The molecule has 2 aromatic heterocycles. The summed E-state index contributed by atoms with van der Waals surface area (Å²) in [6.07, 6.45) is 6.80. The first kappa shape index (κ1) is 15.5. The number of carbonyl (C=O) groups excluding carboxylic acids is 1. The summed E-state index contributed by atoms with van der Waals surface area (Å²) in [5.41, 5.74) is 2.20. The number of fused-ring (bicyclic) bond motifs is 1. The topological polar surface area (TPSA) is 83.9 Å². The summed E-state index contributed by atoms with van der Waals surface area (Å²) in [4.78, 5) is 31.5. The molecule has 0 saturated carbocycles. The van der Waals surface area contributed by atoms with Gasteiger partial charge in [-0.2, -0.15) is 0 Å². The molecule has 120 valence electrons. The zero-order chi connectivity index (χ0) is 16.2. The van der Waals surface area contributed by atoms with E-state index in [2.05, 4.69) is 30.2 Å². The minimum Gasteiger partial charge on any atom is -0.293 e. The van der Waals surface area contributed by atoms with E-state index in [0.29, 0.717) is 12.5 Å². The van der Waals surface area contributed by atoms with Crippen LogP contribution in [0.2, 0.25) is 0 Å². The van der Waals surface area contributed by atoms with Crippen LogP contribution in [0.1, 0.15) is 30.9 Å². The van der Waals surface area contributed by atoms with Gasteiger partial charge in [-0.05, 0) is 25.0 Å². The van der Waals surface area contributed by atoms with Gasteiger partial charge in [0.1, 0.15) is 5.82 Å². The molecule has 1 N–H and O–H groups in total. The highest BCUT2D eigenvalue weighted by atomic mass is 16.2. The zero-order valence-corrected chi connectivity index (χ0v) is 13.4. The van der Waals surface area contributed by atoms with E-state index in [0.717, 1.165) is 30.9 Å². The molecule has 2 aromatic rings. The van der Waals surface area contributed by atoms with Gasteiger partial charge in [-0.1, -0.05) is 6.92 Å². The van der Waals surface area contributed by atoms with Crippen molar-refractivity contribution in [3.8, 4) is 0 Å². The third-order valence-electron chi connectivity index (χ3n) is 4.07. The molecule has 3 rings (SSSR count). The average molecular weight is 312 g/mol. The van der Waals surface area contributed by atoms with Crippen molar-refractivity contribution in [2.75, 3.05) is 11.9 Å². The zero-order valence-electron chi connectivity index (χ0n) is 13.4. The van der Waals surface area contributed by atoms with E-state index in [1.54, 1.807) is 18.5 Å². The maximum Gasteiger partial charge on any atom is 0.243 e. The first-order valence-electron chi connectivity index (χ1n) is 7.83. The van der Waals surface area contributed by atoms with E-state index in [9.17, 15) is 4.79 Å². The Balaban J connectivity index is 1.68. The van der Waals surface area contributed by atoms with Gasteiger partial charge in [-0.25, -0.2) is 19.9 Å². The van der Waals surface area contributed by atoms with E-state index in [4.69, 9.17) is 0 Å². The summed E-state index contributed by atoms with van der Waals surface area (Å²) in [5, 5.41) is 2.75. The van der Waals surface area contributed by atoms with E-state index in [1.165, 1.54) is 5.56 Å². The normalized spacial score (nSPS) is 15.7. The van der Waals surface area contributed by atoms with Crippen molar-refractivity contribution in [2.45, 2.75) is 39.3 Å². The highest BCUT2D eigenvalue weighted by Crippen LogP contribution is 2.19. The second-order valence-corrected chi connectivity index (χ2v) is 5.57. The van der Waals surface area contributed by atoms with Crippen molar-refractivity contribution in [3.05, 3.63) is 41.7 Å². The molecule has 0 radical (unpaired) electrons. The summed E-state index contributed by atoms with van der Waals surface area (Å²) >= 11 is 0. The molecule has 0 aromatic carbocycles. The Kier molecular flexibility index (Phi) is 4.57. The smallest absolute Gasteiger partial charge is 0.243 e. The van der Waals surface area contributed by atoms with Crippen molar-refractivity contribution >= 4 is 11.9 Å². The number of nitrogens with one attached hydrogen (secondary N) is 1. The van der Waals surface area contributed by atoms with Crippen LogP contribution in [0.15, 0.2) is 24.7 Å². The third kappa shape index (κ3) is 3.50. The molecule has 7 heteroatoms. The molecule has 0 saturated heterocycles. The highest BCUT2D eigenvalue weighted by molar-refractivity contribution is 5.93. The van der Waals surface area contributed by atoms with Gasteiger partial charge in [-0.3, -0.25) is 15.0 Å². The van der Waals surface area contributed by atoms with E-state index in [1.807, 2.05) is 20.0 Å². The van der Waals surface area contributed by atoms with Gasteiger partial charge in [0.2, 0.25) is 11.9 Å². The Labute approximate surface area is 135 Å². The number of amides is 1. The lowest BCUT2D eigenvalue weighted by atomic mass is 10.0. The van der Waals surface area contributed by atoms with Crippen LogP contribution in [0.5, 0.6) is 0 Å². The van der Waals surface area contributed by atoms with Crippen LogP contribution in [0, 0.1) is 0 Å². The van der Waals surface area contributed by atoms with Crippen LogP contribution < -0.4 is 5.32 Å². The summed E-state index contributed by atoms with van der Waals surface area (Å²) in [7, 11) is 0. The number of rotatable bonds is 4. The molecular weight excluding hydrogens is 292 g/mol. The fraction of sp³-hybridized carbons (Fsp3) is 0.438. The van der Waals surface area contributed by atoms with Crippen molar-refractivity contribution in [1.29, 1.82) is 0 Å². The number of hydrogen-bond donors (Lipinski definition) is 1. The Morgan fingerprint density at radius 2 is 2.13 bits per heavy atom.